The third kappa shape index (κ3) is 4.57. The maximum atomic E-state index is 12.0. The number of primary amides is 1. The molecule has 0 aliphatic carbocycles. The van der Waals surface area contributed by atoms with Gasteiger partial charge in [-0.3, -0.25) is 9.78 Å². The molecule has 3 rings (SSSR count). The van der Waals surface area contributed by atoms with Crippen molar-refractivity contribution in [2.45, 2.75) is 6.54 Å². The summed E-state index contributed by atoms with van der Waals surface area (Å²) in [5.74, 6) is -0.541. The molecule has 0 atom stereocenters. The van der Waals surface area contributed by atoms with Crippen molar-refractivity contribution in [2.24, 2.45) is 5.73 Å². The smallest absolute Gasteiger partial charge is 0.319 e. The van der Waals surface area contributed by atoms with Gasteiger partial charge in [0, 0.05) is 30.2 Å². The fourth-order valence-electron chi connectivity index (χ4n) is 2.43. The molecule has 8 nitrogen and oxygen atoms in total. The number of carbonyl (C=O) groups is 2. The number of nitrogens with zero attached hydrogens (tertiary/aromatic N) is 2. The standard InChI is InChI=1S/C19H18N6O2/c20-17-15(18(21)26)7-8-16(25-17)13-3-5-14(6-4-13)24-19(27)23-11-12-2-1-9-22-10-12/h1-10H,11H2,(H2,20,25)(H2,21,26)(H2,23,24,27). The predicted molar refractivity (Wildman–Crippen MR) is 103 cm³/mol. The Balaban J connectivity index is 1.62. The van der Waals surface area contributed by atoms with Crippen molar-refractivity contribution in [3.8, 4) is 11.3 Å². The highest BCUT2D eigenvalue weighted by molar-refractivity contribution is 5.97. The third-order valence-electron chi connectivity index (χ3n) is 3.80. The highest BCUT2D eigenvalue weighted by Crippen LogP contribution is 2.22. The molecule has 0 bridgehead atoms. The van der Waals surface area contributed by atoms with E-state index in [4.69, 9.17) is 11.5 Å². The first kappa shape index (κ1) is 17.9. The molecule has 0 fully saturated rings. The Hall–Kier alpha value is -3.94. The Morgan fingerprint density at radius 3 is 2.44 bits per heavy atom. The summed E-state index contributed by atoms with van der Waals surface area (Å²) in [5, 5.41) is 5.50. The molecule has 136 valence electrons. The molecule has 2 heterocycles. The quantitative estimate of drug-likeness (QED) is 0.551. The van der Waals surface area contributed by atoms with Crippen LogP contribution in [-0.2, 0) is 6.54 Å². The lowest BCUT2D eigenvalue weighted by molar-refractivity contribution is 0.100. The highest BCUT2D eigenvalue weighted by Gasteiger charge is 2.09. The first-order valence-electron chi connectivity index (χ1n) is 8.13. The number of hydrogen-bond acceptors (Lipinski definition) is 5. The lowest BCUT2D eigenvalue weighted by Crippen LogP contribution is -2.28. The number of aromatic nitrogens is 2. The van der Waals surface area contributed by atoms with Crippen molar-refractivity contribution < 1.29 is 9.59 Å². The van der Waals surface area contributed by atoms with Gasteiger partial charge in [-0.15, -0.1) is 0 Å². The fraction of sp³-hybridized carbons (Fsp3) is 0.0526. The van der Waals surface area contributed by atoms with Gasteiger partial charge in [0.2, 0.25) is 0 Å². The number of amides is 3. The topological polar surface area (TPSA) is 136 Å². The number of carbonyl (C=O) groups excluding carboxylic acids is 2. The maximum absolute atomic E-state index is 12.0. The predicted octanol–water partition coefficient (Wildman–Crippen LogP) is 2.15. The van der Waals surface area contributed by atoms with E-state index >= 15 is 0 Å². The molecule has 0 saturated carbocycles. The van der Waals surface area contributed by atoms with Crippen molar-refractivity contribution in [3.05, 3.63) is 72.1 Å². The third-order valence-corrected chi connectivity index (χ3v) is 3.80. The van der Waals surface area contributed by atoms with Gasteiger partial charge in [0.05, 0.1) is 11.3 Å². The zero-order chi connectivity index (χ0) is 19.2. The van der Waals surface area contributed by atoms with Crippen molar-refractivity contribution in [1.82, 2.24) is 15.3 Å². The Bertz CT molecular complexity index is 958. The summed E-state index contributed by atoms with van der Waals surface area (Å²) in [4.78, 5) is 31.4. The minimum Gasteiger partial charge on any atom is -0.383 e. The molecule has 0 spiro atoms. The lowest BCUT2D eigenvalue weighted by Gasteiger charge is -2.09. The molecule has 0 aliphatic rings. The van der Waals surface area contributed by atoms with Crippen LogP contribution in [0.3, 0.4) is 0 Å². The number of anilines is 2. The normalized spacial score (nSPS) is 10.2. The van der Waals surface area contributed by atoms with Crippen molar-refractivity contribution >= 4 is 23.4 Å². The second kappa shape index (κ2) is 7.96. The van der Waals surface area contributed by atoms with E-state index in [2.05, 4.69) is 20.6 Å². The summed E-state index contributed by atoms with van der Waals surface area (Å²) < 4.78 is 0. The van der Waals surface area contributed by atoms with Crippen molar-refractivity contribution in [1.29, 1.82) is 0 Å². The van der Waals surface area contributed by atoms with E-state index in [-0.39, 0.29) is 17.4 Å². The summed E-state index contributed by atoms with van der Waals surface area (Å²) in [7, 11) is 0. The Kier molecular flexibility index (Phi) is 5.27. The molecule has 0 aliphatic heterocycles. The Labute approximate surface area is 155 Å². The van der Waals surface area contributed by atoms with E-state index in [0.717, 1.165) is 11.1 Å². The molecule has 2 aromatic heterocycles. The molecule has 27 heavy (non-hydrogen) atoms. The number of nitrogen functional groups attached to an aromatic ring is 1. The van der Waals surface area contributed by atoms with Crippen LogP contribution in [0.15, 0.2) is 60.9 Å². The summed E-state index contributed by atoms with van der Waals surface area (Å²) in [6, 6.07) is 13.7. The van der Waals surface area contributed by atoms with Gasteiger partial charge in [-0.2, -0.15) is 0 Å². The molecular formula is C19H18N6O2. The van der Waals surface area contributed by atoms with Crippen LogP contribution < -0.4 is 22.1 Å². The average molecular weight is 362 g/mol. The molecule has 0 radical (unpaired) electrons. The Morgan fingerprint density at radius 1 is 1.04 bits per heavy atom. The van der Waals surface area contributed by atoms with Gasteiger partial charge in [0.1, 0.15) is 5.82 Å². The molecule has 1 aromatic carbocycles. The summed E-state index contributed by atoms with van der Waals surface area (Å²) in [6.07, 6.45) is 3.37. The van der Waals surface area contributed by atoms with Gasteiger partial charge < -0.3 is 22.1 Å². The van der Waals surface area contributed by atoms with E-state index in [1.807, 2.05) is 12.1 Å². The van der Waals surface area contributed by atoms with E-state index in [9.17, 15) is 9.59 Å². The maximum Gasteiger partial charge on any atom is 0.319 e. The SMILES string of the molecule is NC(=O)c1ccc(-c2ccc(NC(=O)NCc3cccnc3)cc2)nc1N. The largest absolute Gasteiger partial charge is 0.383 e. The zero-order valence-electron chi connectivity index (χ0n) is 14.3. The van der Waals surface area contributed by atoms with Crippen LogP contribution in [0.2, 0.25) is 0 Å². The van der Waals surface area contributed by atoms with E-state index < -0.39 is 5.91 Å². The molecule has 0 saturated heterocycles. The molecule has 3 amide bonds. The molecule has 6 N–H and O–H groups in total. The molecule has 0 unspecified atom stereocenters. The summed E-state index contributed by atoms with van der Waals surface area (Å²) in [6.45, 7) is 0.382. The number of nitrogens with one attached hydrogen (secondary N) is 2. The van der Waals surface area contributed by atoms with E-state index in [0.29, 0.717) is 17.9 Å². The minimum atomic E-state index is -0.622. The highest BCUT2D eigenvalue weighted by atomic mass is 16.2. The second-order valence-corrected chi connectivity index (χ2v) is 5.74. The van der Waals surface area contributed by atoms with Gasteiger partial charge in [0.15, 0.2) is 0 Å². The van der Waals surface area contributed by atoms with Crippen molar-refractivity contribution in [3.63, 3.8) is 0 Å². The van der Waals surface area contributed by atoms with Crippen LogP contribution >= 0.6 is 0 Å². The summed E-state index contributed by atoms with van der Waals surface area (Å²) >= 11 is 0. The van der Waals surface area contributed by atoms with Crippen molar-refractivity contribution in [2.75, 3.05) is 11.1 Å². The van der Waals surface area contributed by atoms with Crippen LogP contribution in [0.4, 0.5) is 16.3 Å². The van der Waals surface area contributed by atoms with Crippen LogP contribution in [-0.4, -0.2) is 21.9 Å². The van der Waals surface area contributed by atoms with Crippen LogP contribution in [0.1, 0.15) is 15.9 Å². The fourth-order valence-corrected chi connectivity index (χ4v) is 2.43. The van der Waals surface area contributed by atoms with Crippen LogP contribution in [0.5, 0.6) is 0 Å². The van der Waals surface area contributed by atoms with Gasteiger partial charge >= 0.3 is 6.03 Å². The second-order valence-electron chi connectivity index (χ2n) is 5.74. The van der Waals surface area contributed by atoms with E-state index in [1.165, 1.54) is 6.07 Å². The van der Waals surface area contributed by atoms with E-state index in [1.54, 1.807) is 42.7 Å². The monoisotopic (exact) mass is 362 g/mol. The first-order valence-corrected chi connectivity index (χ1v) is 8.13. The number of pyridine rings is 2. The minimum absolute atomic E-state index is 0.0805. The number of hydrogen-bond donors (Lipinski definition) is 4. The van der Waals surface area contributed by atoms with Gasteiger partial charge in [-0.1, -0.05) is 18.2 Å². The lowest BCUT2D eigenvalue weighted by atomic mass is 10.1. The average Bonchev–Trinajstić information content (AvgIpc) is 2.67. The van der Waals surface area contributed by atoms with Gasteiger partial charge in [-0.05, 0) is 35.9 Å². The number of benzene rings is 1. The first-order chi connectivity index (χ1) is 13.0. The number of nitrogens with two attached hydrogens (primary N) is 2. The molecular weight excluding hydrogens is 344 g/mol. The van der Waals surface area contributed by atoms with Crippen LogP contribution in [0, 0.1) is 0 Å². The van der Waals surface area contributed by atoms with Gasteiger partial charge in [-0.25, -0.2) is 9.78 Å². The Morgan fingerprint density at radius 2 is 1.81 bits per heavy atom. The van der Waals surface area contributed by atoms with Crippen LogP contribution in [0.25, 0.3) is 11.3 Å². The number of urea groups is 1. The zero-order valence-corrected chi connectivity index (χ0v) is 14.3. The molecule has 8 heteroatoms. The van der Waals surface area contributed by atoms with Gasteiger partial charge in [0.25, 0.3) is 5.91 Å². The molecule has 3 aromatic rings. The summed E-state index contributed by atoms with van der Waals surface area (Å²) in [5.41, 5.74) is 14.1. The number of rotatable bonds is 5.